The average Bonchev–Trinajstić information content (AvgIpc) is 2.30. The minimum atomic E-state index is 0.643. The van der Waals surface area contributed by atoms with Crippen LogP contribution in [0.1, 0.15) is 47.0 Å². The molecule has 0 aromatic carbocycles. The molecule has 0 radical (unpaired) electrons. The molecule has 3 heteroatoms. The van der Waals surface area contributed by atoms with Crippen LogP contribution in [-0.4, -0.2) is 61.2 Å². The van der Waals surface area contributed by atoms with Crippen molar-refractivity contribution in [2.24, 2.45) is 0 Å². The number of likely N-dealkylation sites (N-methyl/N-ethyl adjacent to an activating group) is 1. The second-order valence-electron chi connectivity index (χ2n) is 6.26. The number of nitrogens with zero attached hydrogens (tertiary/aromatic N) is 2. The van der Waals surface area contributed by atoms with Crippen LogP contribution in [0.4, 0.5) is 0 Å². The maximum atomic E-state index is 3.64. The SMILES string of the molecule is CC(C)N(CCNCC1CCCCN1C)C(C)C. The largest absolute Gasteiger partial charge is 0.314 e. The lowest BCUT2D eigenvalue weighted by molar-refractivity contribution is 0.162. The van der Waals surface area contributed by atoms with Gasteiger partial charge in [0.2, 0.25) is 0 Å². The van der Waals surface area contributed by atoms with Crippen LogP contribution in [0.2, 0.25) is 0 Å². The Bertz CT molecular complexity index is 208. The third kappa shape index (κ3) is 5.25. The molecular weight excluding hydrogens is 222 g/mol. The van der Waals surface area contributed by atoms with Gasteiger partial charge in [-0.15, -0.1) is 0 Å². The van der Waals surface area contributed by atoms with Crippen molar-refractivity contribution in [3.8, 4) is 0 Å². The van der Waals surface area contributed by atoms with Crippen LogP contribution in [0, 0.1) is 0 Å². The maximum Gasteiger partial charge on any atom is 0.0217 e. The van der Waals surface area contributed by atoms with E-state index in [2.05, 4.69) is 49.9 Å². The van der Waals surface area contributed by atoms with Crippen LogP contribution in [-0.2, 0) is 0 Å². The molecular formula is C15H33N3. The Labute approximate surface area is 114 Å². The molecule has 0 aromatic heterocycles. The van der Waals surface area contributed by atoms with Crippen LogP contribution in [0.5, 0.6) is 0 Å². The standard InChI is InChI=1S/C15H33N3/c1-13(2)18(14(3)4)11-9-16-12-15-8-6-7-10-17(15)5/h13-16H,6-12H2,1-5H3. The predicted octanol–water partition coefficient (Wildman–Crippen LogP) is 2.18. The monoisotopic (exact) mass is 255 g/mol. The molecule has 0 bridgehead atoms. The lowest BCUT2D eigenvalue weighted by Crippen LogP contribution is -2.46. The van der Waals surface area contributed by atoms with Gasteiger partial charge < -0.3 is 10.2 Å². The highest BCUT2D eigenvalue weighted by Crippen LogP contribution is 2.13. The third-order valence-electron chi connectivity index (χ3n) is 4.17. The van der Waals surface area contributed by atoms with Crippen LogP contribution in [0.3, 0.4) is 0 Å². The number of hydrogen-bond donors (Lipinski definition) is 1. The average molecular weight is 255 g/mol. The van der Waals surface area contributed by atoms with E-state index in [1.165, 1.54) is 25.8 Å². The zero-order valence-electron chi connectivity index (χ0n) is 13.1. The summed E-state index contributed by atoms with van der Waals surface area (Å²) in [4.78, 5) is 5.07. The van der Waals surface area contributed by atoms with E-state index in [1.54, 1.807) is 0 Å². The molecule has 108 valence electrons. The van der Waals surface area contributed by atoms with Crippen molar-refractivity contribution < 1.29 is 0 Å². The van der Waals surface area contributed by atoms with E-state index in [9.17, 15) is 0 Å². The normalized spacial score (nSPS) is 22.3. The highest BCUT2D eigenvalue weighted by Gasteiger charge is 2.18. The van der Waals surface area contributed by atoms with Gasteiger partial charge in [-0.2, -0.15) is 0 Å². The van der Waals surface area contributed by atoms with E-state index >= 15 is 0 Å². The summed E-state index contributed by atoms with van der Waals surface area (Å²) >= 11 is 0. The molecule has 0 aromatic rings. The fourth-order valence-corrected chi connectivity index (χ4v) is 2.99. The van der Waals surface area contributed by atoms with E-state index in [4.69, 9.17) is 0 Å². The fraction of sp³-hybridized carbons (Fsp3) is 1.00. The smallest absolute Gasteiger partial charge is 0.0217 e. The number of hydrogen-bond acceptors (Lipinski definition) is 3. The number of rotatable bonds is 7. The van der Waals surface area contributed by atoms with Gasteiger partial charge >= 0.3 is 0 Å². The van der Waals surface area contributed by atoms with Crippen LogP contribution in [0.15, 0.2) is 0 Å². The van der Waals surface area contributed by atoms with Gasteiger partial charge in [-0.25, -0.2) is 0 Å². The van der Waals surface area contributed by atoms with E-state index in [-0.39, 0.29) is 0 Å². The van der Waals surface area contributed by atoms with Gasteiger partial charge in [0, 0.05) is 37.8 Å². The zero-order chi connectivity index (χ0) is 13.5. The van der Waals surface area contributed by atoms with Crippen molar-refractivity contribution in [1.82, 2.24) is 15.1 Å². The van der Waals surface area contributed by atoms with E-state index in [1.807, 2.05) is 0 Å². The van der Waals surface area contributed by atoms with E-state index in [0.717, 1.165) is 25.7 Å². The summed E-state index contributed by atoms with van der Waals surface area (Å²) in [6, 6.07) is 2.04. The van der Waals surface area contributed by atoms with Gasteiger partial charge in [0.05, 0.1) is 0 Å². The highest BCUT2D eigenvalue weighted by molar-refractivity contribution is 4.77. The first-order valence-corrected chi connectivity index (χ1v) is 7.69. The predicted molar refractivity (Wildman–Crippen MR) is 80.1 cm³/mol. The quantitative estimate of drug-likeness (QED) is 0.704. The van der Waals surface area contributed by atoms with Gasteiger partial charge in [0.15, 0.2) is 0 Å². The maximum absolute atomic E-state index is 3.64. The Kier molecular flexibility index (Phi) is 7.20. The molecule has 0 amide bonds. The molecule has 0 aliphatic carbocycles. The summed E-state index contributed by atoms with van der Waals surface area (Å²) in [6.07, 6.45) is 4.14. The molecule has 1 heterocycles. The summed E-state index contributed by atoms with van der Waals surface area (Å²) in [7, 11) is 2.26. The first kappa shape index (κ1) is 15.9. The van der Waals surface area contributed by atoms with Crippen LogP contribution >= 0.6 is 0 Å². The fourth-order valence-electron chi connectivity index (χ4n) is 2.99. The molecule has 0 saturated carbocycles. The first-order valence-electron chi connectivity index (χ1n) is 7.69. The number of piperidine rings is 1. The molecule has 1 rings (SSSR count). The molecule has 0 spiro atoms. The minimum absolute atomic E-state index is 0.643. The molecule has 1 aliphatic heterocycles. The Morgan fingerprint density at radius 3 is 2.39 bits per heavy atom. The van der Waals surface area contributed by atoms with Gasteiger partial charge in [0.1, 0.15) is 0 Å². The van der Waals surface area contributed by atoms with Gasteiger partial charge in [-0.05, 0) is 54.1 Å². The topological polar surface area (TPSA) is 18.5 Å². The minimum Gasteiger partial charge on any atom is -0.314 e. The molecule has 18 heavy (non-hydrogen) atoms. The van der Waals surface area contributed by atoms with Crippen LogP contribution in [0.25, 0.3) is 0 Å². The molecule has 1 unspecified atom stereocenters. The summed E-state index contributed by atoms with van der Waals surface area (Å²) in [5.74, 6) is 0. The highest BCUT2D eigenvalue weighted by atomic mass is 15.2. The van der Waals surface area contributed by atoms with E-state index < -0.39 is 0 Å². The van der Waals surface area contributed by atoms with Crippen molar-refractivity contribution in [3.05, 3.63) is 0 Å². The summed E-state index contributed by atoms with van der Waals surface area (Å²) in [6.45, 7) is 13.8. The molecule has 3 nitrogen and oxygen atoms in total. The third-order valence-corrected chi connectivity index (χ3v) is 4.17. The molecule has 1 aliphatic rings. The number of likely N-dealkylation sites (tertiary alicyclic amines) is 1. The van der Waals surface area contributed by atoms with Crippen molar-refractivity contribution >= 4 is 0 Å². The summed E-state index contributed by atoms with van der Waals surface area (Å²) < 4.78 is 0. The van der Waals surface area contributed by atoms with Crippen molar-refractivity contribution in [1.29, 1.82) is 0 Å². The lowest BCUT2D eigenvalue weighted by Gasteiger charge is -2.34. The Morgan fingerprint density at radius 2 is 1.83 bits per heavy atom. The molecule has 1 fully saturated rings. The Hall–Kier alpha value is -0.120. The zero-order valence-corrected chi connectivity index (χ0v) is 13.1. The first-order chi connectivity index (χ1) is 8.52. The summed E-state index contributed by atoms with van der Waals surface area (Å²) in [5, 5.41) is 3.64. The van der Waals surface area contributed by atoms with E-state index in [0.29, 0.717) is 12.1 Å². The van der Waals surface area contributed by atoms with Gasteiger partial charge in [-0.1, -0.05) is 6.42 Å². The second-order valence-corrected chi connectivity index (χ2v) is 6.26. The molecule has 1 saturated heterocycles. The van der Waals surface area contributed by atoms with Crippen LogP contribution < -0.4 is 5.32 Å². The van der Waals surface area contributed by atoms with Gasteiger partial charge in [-0.3, -0.25) is 4.90 Å². The van der Waals surface area contributed by atoms with Gasteiger partial charge in [0.25, 0.3) is 0 Å². The second kappa shape index (κ2) is 8.13. The summed E-state index contributed by atoms with van der Waals surface area (Å²) in [5.41, 5.74) is 0. The Morgan fingerprint density at radius 1 is 1.17 bits per heavy atom. The lowest BCUT2D eigenvalue weighted by atomic mass is 10.0. The van der Waals surface area contributed by atoms with Crippen molar-refractivity contribution in [3.63, 3.8) is 0 Å². The number of nitrogens with one attached hydrogen (secondary N) is 1. The Balaban J connectivity index is 2.17. The van der Waals surface area contributed by atoms with Crippen molar-refractivity contribution in [2.75, 3.05) is 33.2 Å². The van der Waals surface area contributed by atoms with Crippen molar-refractivity contribution in [2.45, 2.75) is 65.1 Å². The molecule has 1 atom stereocenters. The molecule has 1 N–H and O–H groups in total.